The summed E-state index contributed by atoms with van der Waals surface area (Å²) in [5.74, 6) is 0.741. The number of piperidine rings is 1. The molecule has 2 aliphatic heterocycles. The average molecular weight is 492 g/mol. The number of carbonyl (C=O) groups is 1. The van der Waals surface area contributed by atoms with Gasteiger partial charge in [-0.3, -0.25) is 15.1 Å². The van der Waals surface area contributed by atoms with Crippen molar-refractivity contribution in [2.75, 3.05) is 20.2 Å². The highest BCUT2D eigenvalue weighted by Crippen LogP contribution is 2.40. The van der Waals surface area contributed by atoms with E-state index >= 15 is 0 Å². The molecule has 4 unspecified atom stereocenters. The average Bonchev–Trinajstić information content (AvgIpc) is 3.33. The molecule has 3 N–H and O–H groups in total. The fourth-order valence-electron chi connectivity index (χ4n) is 6.13. The molecule has 2 aromatic carbocycles. The van der Waals surface area contributed by atoms with Crippen molar-refractivity contribution in [1.82, 2.24) is 21.1 Å². The van der Waals surface area contributed by atoms with Crippen molar-refractivity contribution in [3.05, 3.63) is 65.0 Å². The lowest BCUT2D eigenvalue weighted by Gasteiger charge is -2.36. The number of amides is 1. The summed E-state index contributed by atoms with van der Waals surface area (Å²) in [5.41, 5.74) is 9.21. The lowest BCUT2D eigenvalue weighted by Crippen LogP contribution is -2.50. The molecule has 1 saturated carbocycles. The van der Waals surface area contributed by atoms with Gasteiger partial charge in [0.2, 0.25) is 5.91 Å². The number of likely N-dealkylation sites (tertiary alicyclic amines) is 1. The molecule has 0 bridgehead atoms. The van der Waals surface area contributed by atoms with Crippen molar-refractivity contribution in [2.45, 2.75) is 56.8 Å². The van der Waals surface area contributed by atoms with Crippen LogP contribution in [0.1, 0.15) is 54.8 Å². The molecule has 3 aliphatic rings. The van der Waals surface area contributed by atoms with Gasteiger partial charge in [-0.05, 0) is 74.4 Å². The highest BCUT2D eigenvalue weighted by atomic mass is 19.1. The van der Waals surface area contributed by atoms with Gasteiger partial charge in [0.05, 0.1) is 24.8 Å². The van der Waals surface area contributed by atoms with E-state index in [0.29, 0.717) is 41.9 Å². The van der Waals surface area contributed by atoms with Crippen LogP contribution in [0.3, 0.4) is 0 Å². The Morgan fingerprint density at radius 1 is 1.19 bits per heavy atom. The minimum absolute atomic E-state index is 0.0177. The predicted molar refractivity (Wildman–Crippen MR) is 134 cm³/mol. The Morgan fingerprint density at radius 2 is 2.03 bits per heavy atom. The smallest absolute Gasteiger partial charge is 0.223 e. The van der Waals surface area contributed by atoms with Crippen molar-refractivity contribution in [1.29, 1.82) is 5.26 Å². The summed E-state index contributed by atoms with van der Waals surface area (Å²) in [7, 11) is 1.56. The molecule has 0 radical (unpaired) electrons. The zero-order chi connectivity index (χ0) is 25.1. The Kier molecular flexibility index (Phi) is 7.51. The molecule has 8 heteroatoms. The first-order valence-corrected chi connectivity index (χ1v) is 12.9. The second-order valence-electron chi connectivity index (χ2n) is 10.3. The maximum absolute atomic E-state index is 14.4. The number of hydrazine groups is 1. The number of hydrogen-bond donors (Lipinski definition) is 3. The van der Waals surface area contributed by atoms with Crippen LogP contribution in [0, 0.1) is 29.0 Å². The Labute approximate surface area is 212 Å². The number of nitrogens with zero attached hydrogens (tertiary/aromatic N) is 2. The molecule has 7 nitrogen and oxygen atoms in total. The van der Waals surface area contributed by atoms with E-state index in [-0.39, 0.29) is 29.7 Å². The minimum Gasteiger partial charge on any atom is -0.496 e. The van der Waals surface area contributed by atoms with Crippen LogP contribution in [0.5, 0.6) is 5.75 Å². The number of carbonyl (C=O) groups excluding carboxylic acids is 1. The normalized spacial score (nSPS) is 28.2. The van der Waals surface area contributed by atoms with Crippen LogP contribution in [0.4, 0.5) is 4.39 Å². The molecule has 1 aliphatic carbocycles. The van der Waals surface area contributed by atoms with Gasteiger partial charge < -0.3 is 10.1 Å². The summed E-state index contributed by atoms with van der Waals surface area (Å²) in [6.07, 6.45) is 4.54. The fourth-order valence-corrected chi connectivity index (χ4v) is 6.13. The highest BCUT2D eigenvalue weighted by Gasteiger charge is 2.43. The number of methoxy groups -OCH3 is 1. The minimum atomic E-state index is -0.257. The molecule has 5 rings (SSSR count). The second kappa shape index (κ2) is 11.0. The Morgan fingerprint density at radius 3 is 2.81 bits per heavy atom. The lowest BCUT2D eigenvalue weighted by atomic mass is 9.74. The standard InChI is InChI=1S/C28H34FN5O2/c1-36-26-6-2-5-24(29)23(26)17-34-13-3-4-21(16-34)31-28(35)20-11-12-25-22(14-20)27(33-32-25)19-9-7-18(15-30)8-10-19/h2,5-10,20-22,25,27,32-33H,3-4,11-14,16-17H2,1H3,(H,31,35)/t20?,21-,22?,25?,27?/m1/s1. The second-order valence-corrected chi connectivity index (χ2v) is 10.3. The summed E-state index contributed by atoms with van der Waals surface area (Å²) in [4.78, 5) is 15.5. The van der Waals surface area contributed by atoms with Gasteiger partial charge in [-0.1, -0.05) is 18.2 Å². The van der Waals surface area contributed by atoms with E-state index in [2.05, 4.69) is 27.1 Å². The summed E-state index contributed by atoms with van der Waals surface area (Å²) in [5, 5.41) is 12.4. The maximum atomic E-state index is 14.4. The Hall–Kier alpha value is -2.99. The van der Waals surface area contributed by atoms with Crippen LogP contribution in [0.2, 0.25) is 0 Å². The third-order valence-corrected chi connectivity index (χ3v) is 8.05. The summed E-state index contributed by atoms with van der Waals surface area (Å²) >= 11 is 0. The molecule has 2 aromatic rings. The van der Waals surface area contributed by atoms with E-state index in [9.17, 15) is 9.18 Å². The number of ether oxygens (including phenoxy) is 1. The fraction of sp³-hybridized carbons (Fsp3) is 0.500. The number of nitrogens with one attached hydrogen (secondary N) is 3. The Balaban J connectivity index is 1.19. The Bertz CT molecular complexity index is 1120. The summed E-state index contributed by atoms with van der Waals surface area (Å²) in [6, 6.07) is 15.3. The number of rotatable bonds is 6. The van der Waals surface area contributed by atoms with Gasteiger partial charge in [-0.2, -0.15) is 5.26 Å². The van der Waals surface area contributed by atoms with Gasteiger partial charge in [-0.25, -0.2) is 9.82 Å². The van der Waals surface area contributed by atoms with Crippen molar-refractivity contribution in [3.63, 3.8) is 0 Å². The van der Waals surface area contributed by atoms with E-state index in [0.717, 1.165) is 44.2 Å². The van der Waals surface area contributed by atoms with Crippen LogP contribution in [-0.2, 0) is 11.3 Å². The van der Waals surface area contributed by atoms with Crippen LogP contribution >= 0.6 is 0 Å². The molecule has 190 valence electrons. The maximum Gasteiger partial charge on any atom is 0.223 e. The number of hydrogen-bond acceptors (Lipinski definition) is 6. The van der Waals surface area contributed by atoms with Gasteiger partial charge in [0.1, 0.15) is 11.6 Å². The van der Waals surface area contributed by atoms with Crippen molar-refractivity contribution >= 4 is 5.91 Å². The SMILES string of the molecule is COc1cccc(F)c1CN1CCC[C@@H](NC(=O)C2CCC3NNC(c4ccc(C#N)cc4)C3C2)C1. The van der Waals surface area contributed by atoms with E-state index in [4.69, 9.17) is 10.00 Å². The van der Waals surface area contributed by atoms with E-state index in [1.165, 1.54) is 6.07 Å². The molecule has 2 saturated heterocycles. The van der Waals surface area contributed by atoms with Crippen LogP contribution < -0.4 is 20.9 Å². The first kappa shape index (κ1) is 24.7. The first-order chi connectivity index (χ1) is 17.6. The number of halogens is 1. The topological polar surface area (TPSA) is 89.4 Å². The largest absolute Gasteiger partial charge is 0.496 e. The lowest BCUT2D eigenvalue weighted by molar-refractivity contribution is -0.127. The van der Waals surface area contributed by atoms with Crippen LogP contribution in [-0.4, -0.2) is 43.1 Å². The monoisotopic (exact) mass is 491 g/mol. The van der Waals surface area contributed by atoms with Gasteiger partial charge in [0.25, 0.3) is 0 Å². The van der Waals surface area contributed by atoms with Gasteiger partial charge in [0.15, 0.2) is 0 Å². The summed E-state index contributed by atoms with van der Waals surface area (Å²) in [6.45, 7) is 2.05. The molecule has 0 spiro atoms. The highest BCUT2D eigenvalue weighted by molar-refractivity contribution is 5.79. The molecule has 5 atom stereocenters. The van der Waals surface area contributed by atoms with E-state index < -0.39 is 0 Å². The van der Waals surface area contributed by atoms with Crippen LogP contribution in [0.15, 0.2) is 42.5 Å². The van der Waals surface area contributed by atoms with E-state index in [1.807, 2.05) is 24.3 Å². The van der Waals surface area contributed by atoms with Crippen molar-refractivity contribution < 1.29 is 13.9 Å². The number of fused-ring (bicyclic) bond motifs is 1. The zero-order valence-electron chi connectivity index (χ0n) is 20.7. The zero-order valence-corrected chi connectivity index (χ0v) is 20.7. The van der Waals surface area contributed by atoms with Gasteiger partial charge >= 0.3 is 0 Å². The molecule has 0 aromatic heterocycles. The van der Waals surface area contributed by atoms with E-state index in [1.54, 1.807) is 19.2 Å². The van der Waals surface area contributed by atoms with Crippen molar-refractivity contribution in [2.24, 2.45) is 11.8 Å². The molecular weight excluding hydrogens is 457 g/mol. The van der Waals surface area contributed by atoms with Gasteiger partial charge in [-0.15, -0.1) is 0 Å². The third-order valence-electron chi connectivity index (χ3n) is 8.05. The molecule has 1 amide bonds. The first-order valence-electron chi connectivity index (χ1n) is 12.9. The summed E-state index contributed by atoms with van der Waals surface area (Å²) < 4.78 is 19.8. The molecule has 3 fully saturated rings. The number of benzene rings is 2. The quantitative estimate of drug-likeness (QED) is 0.574. The molecule has 36 heavy (non-hydrogen) atoms. The predicted octanol–water partition coefficient (Wildman–Crippen LogP) is 3.42. The van der Waals surface area contributed by atoms with Gasteiger partial charge in [0, 0.05) is 36.7 Å². The van der Waals surface area contributed by atoms with Crippen molar-refractivity contribution in [3.8, 4) is 11.8 Å². The van der Waals surface area contributed by atoms with Crippen LogP contribution in [0.25, 0.3) is 0 Å². The molecular formula is C28H34FN5O2. The third kappa shape index (κ3) is 5.24. The number of nitriles is 1. The molecule has 2 heterocycles.